The molecule has 2 aromatic heterocycles. The molecular formula is C30H34F4N8O3. The SMILES string of the molecule is C[C@H](N)CCCc1cc(OC(F)(F)F)c(F)c(-c2cc3cn(-c4ccc([C@@H](O)[C@@H]5C[C@@H](NC(=N)N)CN5)cc4)c(=O)nc3[nH]2)c1. The second-order valence-electron chi connectivity index (χ2n) is 11.3. The van der Waals surface area contributed by atoms with Crippen molar-refractivity contribution in [1.82, 2.24) is 25.2 Å². The summed E-state index contributed by atoms with van der Waals surface area (Å²) in [6, 6.07) is 10.2. The molecule has 1 aliphatic heterocycles. The average Bonchev–Trinajstić information content (AvgIpc) is 3.59. The highest BCUT2D eigenvalue weighted by Gasteiger charge is 2.34. The van der Waals surface area contributed by atoms with Crippen molar-refractivity contribution in [3.05, 3.63) is 76.1 Å². The number of nitrogens with two attached hydrogens (primary N) is 2. The molecule has 1 saturated heterocycles. The van der Waals surface area contributed by atoms with Gasteiger partial charge < -0.3 is 36.9 Å². The number of halogens is 4. The van der Waals surface area contributed by atoms with Crippen molar-refractivity contribution >= 4 is 17.0 Å². The van der Waals surface area contributed by atoms with Crippen LogP contribution in [-0.2, 0) is 6.42 Å². The number of benzene rings is 2. The molecule has 15 heteroatoms. The van der Waals surface area contributed by atoms with Gasteiger partial charge in [0.15, 0.2) is 17.5 Å². The van der Waals surface area contributed by atoms with Crippen LogP contribution < -0.4 is 32.5 Å². The number of nitrogens with zero attached hydrogens (tertiary/aromatic N) is 2. The van der Waals surface area contributed by atoms with Crippen molar-refractivity contribution < 1.29 is 27.4 Å². The number of aryl methyl sites for hydroxylation is 1. The Balaban J connectivity index is 1.42. The van der Waals surface area contributed by atoms with Crippen molar-refractivity contribution in [3.63, 3.8) is 0 Å². The van der Waals surface area contributed by atoms with Crippen LogP contribution in [0.5, 0.6) is 5.75 Å². The minimum atomic E-state index is -5.10. The lowest BCUT2D eigenvalue weighted by atomic mass is 9.99. The molecule has 0 saturated carbocycles. The summed E-state index contributed by atoms with van der Waals surface area (Å²) in [5.41, 5.74) is 12.1. The lowest BCUT2D eigenvalue weighted by molar-refractivity contribution is -0.275. The number of rotatable bonds is 10. The zero-order chi connectivity index (χ0) is 32.5. The third-order valence-corrected chi connectivity index (χ3v) is 7.67. The minimum Gasteiger partial charge on any atom is -0.403 e. The number of H-pyrrole nitrogens is 1. The first-order valence-corrected chi connectivity index (χ1v) is 14.4. The molecule has 0 aliphatic carbocycles. The Kier molecular flexibility index (Phi) is 9.13. The third-order valence-electron chi connectivity index (χ3n) is 7.67. The lowest BCUT2D eigenvalue weighted by Crippen LogP contribution is -2.40. The van der Waals surface area contributed by atoms with Gasteiger partial charge in [0.1, 0.15) is 5.65 Å². The van der Waals surface area contributed by atoms with Crippen LogP contribution in [0.25, 0.3) is 28.0 Å². The molecule has 4 aromatic rings. The molecule has 11 nitrogen and oxygen atoms in total. The van der Waals surface area contributed by atoms with Gasteiger partial charge in [-0.15, -0.1) is 13.2 Å². The second-order valence-corrected chi connectivity index (χ2v) is 11.3. The molecule has 45 heavy (non-hydrogen) atoms. The number of hydrogen-bond donors (Lipinski definition) is 7. The van der Waals surface area contributed by atoms with Gasteiger partial charge in [-0.3, -0.25) is 9.98 Å². The first-order chi connectivity index (χ1) is 21.3. The number of nitrogens with one attached hydrogen (secondary N) is 4. The Labute approximate surface area is 255 Å². The van der Waals surface area contributed by atoms with E-state index < -0.39 is 29.7 Å². The molecule has 0 spiro atoms. The van der Waals surface area contributed by atoms with Gasteiger partial charge in [0.25, 0.3) is 0 Å². The number of ether oxygens (including phenoxy) is 1. The molecule has 0 radical (unpaired) electrons. The van der Waals surface area contributed by atoms with Gasteiger partial charge in [-0.2, -0.15) is 4.98 Å². The number of aromatic nitrogens is 3. The standard InChI is InChI=1S/C30H34F4N8O3/c1-15(35)3-2-4-16-9-21(25(31)24(10-16)45-30(32,33)34)22-11-18-14-42(29(44)41-27(18)40-22)20-7-5-17(6-8-20)26(43)23-12-19(13-38-23)39-28(36)37/h5-11,14-15,19,23,26,38,43H,2-4,12-13,35H2,1H3,(H4,36,37,39)(H,40,41,44)/t15-,19+,23-,26+/m0/s1. The molecule has 2 aromatic carbocycles. The third kappa shape index (κ3) is 7.61. The fraction of sp³-hybridized carbons (Fsp3) is 0.367. The summed E-state index contributed by atoms with van der Waals surface area (Å²) in [4.78, 5) is 19.9. The van der Waals surface area contributed by atoms with E-state index in [-0.39, 0.29) is 41.0 Å². The summed E-state index contributed by atoms with van der Waals surface area (Å²) >= 11 is 0. The Bertz CT molecular complexity index is 1740. The maximum atomic E-state index is 15.4. The quantitative estimate of drug-likeness (QED) is 0.0792. The molecule has 1 fully saturated rings. The summed E-state index contributed by atoms with van der Waals surface area (Å²) in [5, 5.41) is 24.7. The van der Waals surface area contributed by atoms with E-state index in [1.54, 1.807) is 24.3 Å². The first-order valence-electron chi connectivity index (χ1n) is 14.4. The van der Waals surface area contributed by atoms with Crippen LogP contribution in [0, 0.1) is 11.2 Å². The smallest absolute Gasteiger partial charge is 0.403 e. The van der Waals surface area contributed by atoms with E-state index >= 15 is 4.39 Å². The Morgan fingerprint density at radius 3 is 2.67 bits per heavy atom. The number of alkyl halides is 3. The average molecular weight is 631 g/mol. The van der Waals surface area contributed by atoms with E-state index in [1.807, 2.05) is 6.92 Å². The number of hydrogen-bond acceptors (Lipinski definition) is 7. The van der Waals surface area contributed by atoms with Crippen LogP contribution >= 0.6 is 0 Å². The van der Waals surface area contributed by atoms with E-state index in [0.717, 1.165) is 6.07 Å². The van der Waals surface area contributed by atoms with Gasteiger partial charge in [0.2, 0.25) is 0 Å². The summed E-state index contributed by atoms with van der Waals surface area (Å²) in [7, 11) is 0. The molecule has 0 amide bonds. The molecule has 0 unspecified atom stereocenters. The summed E-state index contributed by atoms with van der Waals surface area (Å²) in [6.07, 6.45) is -2.35. The fourth-order valence-electron chi connectivity index (χ4n) is 5.55. The first kappa shape index (κ1) is 31.9. The summed E-state index contributed by atoms with van der Waals surface area (Å²) in [6.45, 7) is 2.36. The highest BCUT2D eigenvalue weighted by atomic mass is 19.4. The van der Waals surface area contributed by atoms with Gasteiger partial charge in [-0.05, 0) is 74.1 Å². The molecule has 0 bridgehead atoms. The molecule has 9 N–H and O–H groups in total. The summed E-state index contributed by atoms with van der Waals surface area (Å²) in [5.74, 6) is -2.30. The van der Waals surface area contributed by atoms with Crippen molar-refractivity contribution in [1.29, 1.82) is 5.41 Å². The fourth-order valence-corrected chi connectivity index (χ4v) is 5.55. The van der Waals surface area contributed by atoms with Crippen LogP contribution in [0.3, 0.4) is 0 Å². The predicted molar refractivity (Wildman–Crippen MR) is 161 cm³/mol. The summed E-state index contributed by atoms with van der Waals surface area (Å²) < 4.78 is 59.9. The highest BCUT2D eigenvalue weighted by molar-refractivity contribution is 5.83. The highest BCUT2D eigenvalue weighted by Crippen LogP contribution is 2.35. The van der Waals surface area contributed by atoms with E-state index in [0.29, 0.717) is 54.4 Å². The maximum absolute atomic E-state index is 15.4. The van der Waals surface area contributed by atoms with Crippen molar-refractivity contribution in [3.8, 4) is 22.7 Å². The van der Waals surface area contributed by atoms with E-state index in [9.17, 15) is 23.1 Å². The Morgan fingerprint density at radius 1 is 1.27 bits per heavy atom. The van der Waals surface area contributed by atoms with Crippen LogP contribution in [0.15, 0.2) is 53.5 Å². The molecule has 3 heterocycles. The van der Waals surface area contributed by atoms with E-state index in [1.165, 1.54) is 22.9 Å². The second kappa shape index (κ2) is 12.9. The normalized spacial score (nSPS) is 18.2. The molecular weight excluding hydrogens is 596 g/mol. The maximum Gasteiger partial charge on any atom is 0.573 e. The molecule has 240 valence electrons. The van der Waals surface area contributed by atoms with Gasteiger partial charge >= 0.3 is 12.1 Å². The van der Waals surface area contributed by atoms with Gasteiger partial charge in [0, 0.05) is 41.8 Å². The Hall–Kier alpha value is -4.47. The number of aliphatic hydroxyl groups excluding tert-OH is 1. The van der Waals surface area contributed by atoms with Gasteiger partial charge in [-0.25, -0.2) is 9.18 Å². The van der Waals surface area contributed by atoms with Crippen LogP contribution in [0.1, 0.15) is 43.4 Å². The van der Waals surface area contributed by atoms with Crippen LogP contribution in [-0.4, -0.2) is 56.6 Å². The van der Waals surface area contributed by atoms with E-state index in [4.69, 9.17) is 16.9 Å². The number of aliphatic hydroxyl groups is 1. The monoisotopic (exact) mass is 630 g/mol. The van der Waals surface area contributed by atoms with Crippen molar-refractivity contribution in [2.24, 2.45) is 11.5 Å². The van der Waals surface area contributed by atoms with Crippen LogP contribution in [0.2, 0.25) is 0 Å². The zero-order valence-corrected chi connectivity index (χ0v) is 24.3. The lowest BCUT2D eigenvalue weighted by Gasteiger charge is -2.19. The largest absolute Gasteiger partial charge is 0.573 e. The van der Waals surface area contributed by atoms with Gasteiger partial charge in [-0.1, -0.05) is 12.1 Å². The topological polar surface area (TPSA) is 180 Å². The zero-order valence-electron chi connectivity index (χ0n) is 24.3. The van der Waals surface area contributed by atoms with Crippen molar-refractivity contribution in [2.75, 3.05) is 6.54 Å². The van der Waals surface area contributed by atoms with E-state index in [2.05, 4.69) is 25.3 Å². The number of fused-ring (bicyclic) bond motifs is 1. The minimum absolute atomic E-state index is 0.0799. The van der Waals surface area contributed by atoms with Gasteiger partial charge in [0.05, 0.1) is 17.5 Å². The molecule has 1 aliphatic rings. The van der Waals surface area contributed by atoms with Crippen LogP contribution in [0.4, 0.5) is 17.6 Å². The predicted octanol–water partition coefficient (Wildman–Crippen LogP) is 3.34. The molecule has 5 rings (SSSR count). The number of guanidine groups is 1. The number of aromatic amines is 1. The Morgan fingerprint density at radius 2 is 2.00 bits per heavy atom. The van der Waals surface area contributed by atoms with Crippen molar-refractivity contribution in [2.45, 2.75) is 63.2 Å². The molecule has 4 atom stereocenters.